The molecule has 0 spiro atoms. The van der Waals surface area contributed by atoms with Gasteiger partial charge in [0.15, 0.2) is 0 Å². The Labute approximate surface area is 144 Å². The molecule has 0 aliphatic carbocycles. The van der Waals surface area contributed by atoms with E-state index in [1.165, 1.54) is 13.3 Å². The number of hydrogen-bond donors (Lipinski definition) is 1. The Morgan fingerprint density at radius 2 is 2.08 bits per heavy atom. The molecule has 25 heavy (non-hydrogen) atoms. The number of ether oxygens (including phenoxy) is 1. The summed E-state index contributed by atoms with van der Waals surface area (Å²) in [6.07, 6.45) is 3.85. The van der Waals surface area contributed by atoms with Crippen molar-refractivity contribution in [3.8, 4) is 0 Å². The molecular weight excluding hydrogens is 318 g/mol. The van der Waals surface area contributed by atoms with Crippen LogP contribution in [-0.2, 0) is 17.7 Å². The van der Waals surface area contributed by atoms with Gasteiger partial charge in [0.05, 0.1) is 12.7 Å². The first-order valence-electron chi connectivity index (χ1n) is 8.08. The van der Waals surface area contributed by atoms with E-state index >= 15 is 0 Å². The van der Waals surface area contributed by atoms with Crippen molar-refractivity contribution in [3.63, 3.8) is 0 Å². The van der Waals surface area contributed by atoms with Crippen LogP contribution in [0.4, 0.5) is 0 Å². The summed E-state index contributed by atoms with van der Waals surface area (Å²) in [5.74, 6) is -0.440. The number of carbonyl (C=O) groups excluding carboxylic acids is 2. The molecule has 0 fully saturated rings. The highest BCUT2D eigenvalue weighted by Gasteiger charge is 2.26. The lowest BCUT2D eigenvalue weighted by Crippen LogP contribution is -2.37. The molecule has 6 nitrogen and oxygen atoms in total. The summed E-state index contributed by atoms with van der Waals surface area (Å²) in [4.78, 5) is 33.8. The minimum atomic E-state index is -0.389. The second kappa shape index (κ2) is 6.05. The van der Waals surface area contributed by atoms with Crippen molar-refractivity contribution in [1.29, 1.82) is 0 Å². The van der Waals surface area contributed by atoms with Gasteiger partial charge in [0, 0.05) is 36.4 Å². The third-order valence-electron chi connectivity index (χ3n) is 4.59. The van der Waals surface area contributed by atoms with Gasteiger partial charge in [-0.25, -0.2) is 4.79 Å². The standard InChI is InChI=1S/C19H17N3O3/c1-25-19(24)15-10-20-9-13-11-22(7-6-14(13)15)18(23)17-8-12-4-2-3-5-16(12)21-17/h2-5,8-10,21H,6-7,11H2,1H3. The number of amides is 1. The van der Waals surface area contributed by atoms with Crippen LogP contribution in [0.25, 0.3) is 10.9 Å². The van der Waals surface area contributed by atoms with Gasteiger partial charge in [0.2, 0.25) is 0 Å². The van der Waals surface area contributed by atoms with Crippen LogP contribution in [0.15, 0.2) is 42.7 Å². The summed E-state index contributed by atoms with van der Waals surface area (Å²) in [5.41, 5.74) is 3.80. The monoisotopic (exact) mass is 335 g/mol. The minimum absolute atomic E-state index is 0.0506. The maximum atomic E-state index is 12.8. The molecule has 1 aromatic carbocycles. The van der Waals surface area contributed by atoms with Crippen molar-refractivity contribution in [1.82, 2.24) is 14.9 Å². The number of pyridine rings is 1. The number of rotatable bonds is 2. The zero-order chi connectivity index (χ0) is 17.4. The fourth-order valence-electron chi connectivity index (χ4n) is 3.31. The van der Waals surface area contributed by atoms with Crippen LogP contribution in [0, 0.1) is 0 Å². The smallest absolute Gasteiger partial charge is 0.339 e. The van der Waals surface area contributed by atoms with Crippen molar-refractivity contribution in [2.75, 3.05) is 13.7 Å². The van der Waals surface area contributed by atoms with Gasteiger partial charge in [0.25, 0.3) is 5.91 Å². The van der Waals surface area contributed by atoms with Crippen molar-refractivity contribution >= 4 is 22.8 Å². The van der Waals surface area contributed by atoms with Gasteiger partial charge < -0.3 is 14.6 Å². The maximum Gasteiger partial charge on any atom is 0.339 e. The molecule has 3 aromatic rings. The Hall–Kier alpha value is -3.15. The summed E-state index contributed by atoms with van der Waals surface area (Å²) < 4.78 is 4.82. The molecule has 4 rings (SSSR count). The predicted molar refractivity (Wildman–Crippen MR) is 92.3 cm³/mol. The summed E-state index contributed by atoms with van der Waals surface area (Å²) in [5, 5.41) is 1.01. The predicted octanol–water partition coefficient (Wildman–Crippen LogP) is 2.55. The molecule has 1 aliphatic rings. The van der Waals surface area contributed by atoms with E-state index in [-0.39, 0.29) is 11.9 Å². The molecule has 1 amide bonds. The normalized spacial score (nSPS) is 13.6. The molecule has 0 saturated heterocycles. The third kappa shape index (κ3) is 2.65. The fourth-order valence-corrected chi connectivity index (χ4v) is 3.31. The van der Waals surface area contributed by atoms with Gasteiger partial charge >= 0.3 is 5.97 Å². The summed E-state index contributed by atoms with van der Waals surface area (Å²) in [6, 6.07) is 9.67. The highest BCUT2D eigenvalue weighted by atomic mass is 16.5. The van der Waals surface area contributed by atoms with E-state index in [1.54, 1.807) is 11.1 Å². The summed E-state index contributed by atoms with van der Waals surface area (Å²) in [6.45, 7) is 0.983. The first-order chi connectivity index (χ1) is 12.2. The number of carbonyl (C=O) groups is 2. The van der Waals surface area contributed by atoms with Crippen molar-refractivity contribution < 1.29 is 14.3 Å². The van der Waals surface area contributed by atoms with E-state index in [1.807, 2.05) is 30.3 Å². The molecule has 2 aromatic heterocycles. The average molecular weight is 335 g/mol. The van der Waals surface area contributed by atoms with Crippen LogP contribution < -0.4 is 0 Å². The second-order valence-electron chi connectivity index (χ2n) is 6.06. The van der Waals surface area contributed by atoms with E-state index < -0.39 is 0 Å². The van der Waals surface area contributed by atoms with Gasteiger partial charge in [-0.05, 0) is 29.7 Å². The molecule has 0 atom stereocenters. The average Bonchev–Trinajstić information content (AvgIpc) is 3.10. The van der Waals surface area contributed by atoms with E-state index in [2.05, 4.69) is 9.97 Å². The van der Waals surface area contributed by atoms with E-state index in [0.717, 1.165) is 22.0 Å². The van der Waals surface area contributed by atoms with Crippen molar-refractivity contribution in [2.45, 2.75) is 13.0 Å². The van der Waals surface area contributed by atoms with Gasteiger partial charge in [-0.1, -0.05) is 18.2 Å². The highest BCUT2D eigenvalue weighted by molar-refractivity contribution is 5.98. The summed E-state index contributed by atoms with van der Waals surface area (Å²) >= 11 is 0. The topological polar surface area (TPSA) is 75.3 Å². The Kier molecular flexibility index (Phi) is 3.72. The van der Waals surface area contributed by atoms with Crippen LogP contribution in [0.2, 0.25) is 0 Å². The zero-order valence-electron chi connectivity index (χ0n) is 13.8. The van der Waals surface area contributed by atoms with E-state index in [0.29, 0.717) is 30.8 Å². The minimum Gasteiger partial charge on any atom is -0.465 e. The number of fused-ring (bicyclic) bond motifs is 2. The number of aromatic amines is 1. The van der Waals surface area contributed by atoms with Gasteiger partial charge in [-0.15, -0.1) is 0 Å². The number of methoxy groups -OCH3 is 1. The third-order valence-corrected chi connectivity index (χ3v) is 4.59. The number of H-pyrrole nitrogens is 1. The molecule has 1 N–H and O–H groups in total. The lowest BCUT2D eigenvalue weighted by atomic mass is 9.97. The molecule has 0 unspecified atom stereocenters. The van der Waals surface area contributed by atoms with Crippen LogP contribution in [-0.4, -0.2) is 40.4 Å². The number of para-hydroxylation sites is 1. The number of nitrogens with zero attached hydrogens (tertiary/aromatic N) is 2. The molecule has 0 bridgehead atoms. The van der Waals surface area contributed by atoms with Crippen LogP contribution in [0.3, 0.4) is 0 Å². The number of esters is 1. The molecule has 126 valence electrons. The number of aromatic nitrogens is 2. The Bertz CT molecular complexity index is 944. The molecule has 0 saturated carbocycles. The van der Waals surface area contributed by atoms with Crippen LogP contribution in [0.5, 0.6) is 0 Å². The molecule has 1 aliphatic heterocycles. The van der Waals surface area contributed by atoms with Crippen molar-refractivity contribution in [3.05, 3.63) is 65.1 Å². The number of benzene rings is 1. The first-order valence-corrected chi connectivity index (χ1v) is 8.08. The van der Waals surface area contributed by atoms with Gasteiger partial charge in [0.1, 0.15) is 5.69 Å². The van der Waals surface area contributed by atoms with Crippen molar-refractivity contribution in [2.24, 2.45) is 0 Å². The zero-order valence-corrected chi connectivity index (χ0v) is 13.8. The number of hydrogen-bond acceptors (Lipinski definition) is 4. The van der Waals surface area contributed by atoms with Crippen LogP contribution >= 0.6 is 0 Å². The quantitative estimate of drug-likeness (QED) is 0.730. The Balaban J connectivity index is 1.62. The Morgan fingerprint density at radius 3 is 2.88 bits per heavy atom. The molecule has 3 heterocycles. The lowest BCUT2D eigenvalue weighted by Gasteiger charge is -2.29. The molecule has 6 heteroatoms. The molecular formula is C19H17N3O3. The second-order valence-corrected chi connectivity index (χ2v) is 6.06. The van der Waals surface area contributed by atoms with Crippen LogP contribution in [0.1, 0.15) is 32.0 Å². The highest BCUT2D eigenvalue weighted by Crippen LogP contribution is 2.24. The SMILES string of the molecule is COC(=O)c1cncc2c1CCN(C(=O)c1cc3ccccc3[nH]1)C2. The summed E-state index contributed by atoms with van der Waals surface area (Å²) in [7, 11) is 1.36. The van der Waals surface area contributed by atoms with E-state index in [4.69, 9.17) is 4.74 Å². The Morgan fingerprint density at radius 1 is 1.24 bits per heavy atom. The first kappa shape index (κ1) is 15.4. The molecule has 0 radical (unpaired) electrons. The van der Waals surface area contributed by atoms with Gasteiger partial charge in [-0.2, -0.15) is 0 Å². The maximum absolute atomic E-state index is 12.8. The van der Waals surface area contributed by atoms with Gasteiger partial charge in [-0.3, -0.25) is 9.78 Å². The fraction of sp³-hybridized carbons (Fsp3) is 0.211. The lowest BCUT2D eigenvalue weighted by molar-refractivity contribution is 0.0598. The largest absolute Gasteiger partial charge is 0.465 e. The number of nitrogens with one attached hydrogen (secondary N) is 1. The van der Waals surface area contributed by atoms with E-state index in [9.17, 15) is 9.59 Å².